The monoisotopic (exact) mass is 198 g/mol. The molecule has 0 spiro atoms. The van der Waals surface area contributed by atoms with Crippen molar-refractivity contribution in [1.29, 1.82) is 0 Å². The van der Waals surface area contributed by atoms with Crippen molar-refractivity contribution in [2.45, 2.75) is 6.42 Å². The van der Waals surface area contributed by atoms with Gasteiger partial charge in [-0.3, -0.25) is 4.79 Å². The summed E-state index contributed by atoms with van der Waals surface area (Å²) in [6, 6.07) is 1.38. The minimum atomic E-state index is -0.133. The van der Waals surface area contributed by atoms with Gasteiger partial charge in [-0.1, -0.05) is 0 Å². The van der Waals surface area contributed by atoms with Crippen LogP contribution in [0.3, 0.4) is 0 Å². The molecule has 78 valence electrons. The van der Waals surface area contributed by atoms with Crippen LogP contribution in [0, 0.1) is 0 Å². The van der Waals surface area contributed by atoms with Crippen LogP contribution in [0.25, 0.3) is 0 Å². The molecule has 1 N–H and O–H groups in total. The zero-order valence-corrected chi connectivity index (χ0v) is 8.16. The highest BCUT2D eigenvalue weighted by atomic mass is 16.5. The summed E-state index contributed by atoms with van der Waals surface area (Å²) >= 11 is 0. The van der Waals surface area contributed by atoms with Crippen LogP contribution in [-0.2, 0) is 15.9 Å². The maximum absolute atomic E-state index is 10.9. The quantitative estimate of drug-likeness (QED) is 0.652. The Hall–Kier alpha value is -1.20. The van der Waals surface area contributed by atoms with Crippen LogP contribution in [0.5, 0.6) is 0 Å². The second kappa shape index (κ2) is 6.28. The van der Waals surface area contributed by atoms with E-state index in [2.05, 4.69) is 9.97 Å². The molecule has 1 aromatic rings. The molecule has 14 heavy (non-hydrogen) atoms. The van der Waals surface area contributed by atoms with E-state index < -0.39 is 0 Å². The molecule has 1 heterocycles. The molecule has 0 bridgehead atoms. The second-order valence-corrected chi connectivity index (χ2v) is 2.74. The normalized spacial score (nSPS) is 10.4. The number of hydrogen-bond acceptors (Lipinski definition) is 4. The Bertz CT molecular complexity index is 311. The van der Waals surface area contributed by atoms with Crippen molar-refractivity contribution in [3.05, 3.63) is 28.4 Å². The minimum Gasteiger partial charge on any atom is -0.382 e. The summed E-state index contributed by atoms with van der Waals surface area (Å²) in [5.74, 6) is 0.648. The molecule has 0 radical (unpaired) electrons. The lowest BCUT2D eigenvalue weighted by Crippen LogP contribution is -2.12. The molecule has 0 aromatic carbocycles. The zero-order chi connectivity index (χ0) is 10.2. The molecule has 0 amide bonds. The molecule has 1 aromatic heterocycles. The molecule has 1 rings (SSSR count). The topological polar surface area (TPSA) is 64.2 Å². The van der Waals surface area contributed by atoms with Gasteiger partial charge in [0.1, 0.15) is 5.82 Å². The van der Waals surface area contributed by atoms with Gasteiger partial charge in [0, 0.05) is 25.8 Å². The van der Waals surface area contributed by atoms with E-state index in [1.165, 1.54) is 12.3 Å². The molecule has 0 unspecified atom stereocenters. The van der Waals surface area contributed by atoms with Gasteiger partial charge >= 0.3 is 0 Å². The third-order valence-corrected chi connectivity index (χ3v) is 1.64. The molecule has 0 atom stereocenters. The molecule has 5 heteroatoms. The molecule has 0 aliphatic rings. The first kappa shape index (κ1) is 10.9. The van der Waals surface area contributed by atoms with E-state index in [0.717, 1.165) is 0 Å². The highest BCUT2D eigenvalue weighted by Gasteiger charge is 1.95. The van der Waals surface area contributed by atoms with Gasteiger partial charge in [-0.25, -0.2) is 4.98 Å². The van der Waals surface area contributed by atoms with Gasteiger partial charge in [0.25, 0.3) is 5.56 Å². The van der Waals surface area contributed by atoms with Gasteiger partial charge in [0.05, 0.1) is 19.8 Å². The Morgan fingerprint density at radius 1 is 1.43 bits per heavy atom. The fourth-order valence-electron chi connectivity index (χ4n) is 0.951. The lowest BCUT2D eigenvalue weighted by atomic mass is 10.4. The Morgan fingerprint density at radius 3 is 3.00 bits per heavy atom. The number of H-pyrrole nitrogens is 1. The third-order valence-electron chi connectivity index (χ3n) is 1.64. The van der Waals surface area contributed by atoms with Gasteiger partial charge in [-0.2, -0.15) is 0 Å². The molecule has 5 nitrogen and oxygen atoms in total. The fraction of sp³-hybridized carbons (Fsp3) is 0.556. The van der Waals surface area contributed by atoms with Crippen LogP contribution in [0.1, 0.15) is 5.82 Å². The molecular formula is C9H14N2O3. The summed E-state index contributed by atoms with van der Waals surface area (Å²) in [5.41, 5.74) is -0.133. The van der Waals surface area contributed by atoms with E-state index in [1.54, 1.807) is 7.11 Å². The third kappa shape index (κ3) is 4.15. The van der Waals surface area contributed by atoms with Gasteiger partial charge in [-0.15, -0.1) is 0 Å². The summed E-state index contributed by atoms with van der Waals surface area (Å²) in [5, 5.41) is 0. The molecule has 0 saturated carbocycles. The molecule has 0 aliphatic carbocycles. The number of hydrogen-bond donors (Lipinski definition) is 1. The first-order valence-electron chi connectivity index (χ1n) is 4.44. The van der Waals surface area contributed by atoms with Crippen molar-refractivity contribution >= 4 is 0 Å². The maximum atomic E-state index is 10.9. The average Bonchev–Trinajstić information content (AvgIpc) is 2.18. The van der Waals surface area contributed by atoms with E-state index in [4.69, 9.17) is 9.47 Å². The summed E-state index contributed by atoms with van der Waals surface area (Å²) in [4.78, 5) is 17.5. The first-order chi connectivity index (χ1) is 6.83. The largest absolute Gasteiger partial charge is 0.382 e. The van der Waals surface area contributed by atoms with Crippen molar-refractivity contribution in [3.63, 3.8) is 0 Å². The van der Waals surface area contributed by atoms with E-state index in [-0.39, 0.29) is 5.56 Å². The number of nitrogens with zero attached hydrogens (tertiary/aromatic N) is 1. The van der Waals surface area contributed by atoms with Crippen LogP contribution < -0.4 is 5.56 Å². The minimum absolute atomic E-state index is 0.133. The van der Waals surface area contributed by atoms with Crippen LogP contribution in [0.4, 0.5) is 0 Å². The second-order valence-electron chi connectivity index (χ2n) is 2.74. The maximum Gasteiger partial charge on any atom is 0.250 e. The Labute approximate surface area is 82.1 Å². The summed E-state index contributed by atoms with van der Waals surface area (Å²) in [7, 11) is 1.62. The van der Waals surface area contributed by atoms with Crippen molar-refractivity contribution in [1.82, 2.24) is 9.97 Å². The SMILES string of the molecule is COCCOCCc1nccc(=O)[nH]1. The van der Waals surface area contributed by atoms with Gasteiger partial charge in [0.15, 0.2) is 0 Å². The number of rotatable bonds is 6. The summed E-state index contributed by atoms with van der Waals surface area (Å²) < 4.78 is 10.0. The Kier molecular flexibility index (Phi) is 4.88. The Morgan fingerprint density at radius 2 is 2.29 bits per heavy atom. The average molecular weight is 198 g/mol. The van der Waals surface area contributed by atoms with Gasteiger partial charge in [-0.05, 0) is 0 Å². The van der Waals surface area contributed by atoms with Crippen LogP contribution in [-0.4, -0.2) is 36.9 Å². The van der Waals surface area contributed by atoms with Crippen molar-refractivity contribution in [2.24, 2.45) is 0 Å². The highest BCUT2D eigenvalue weighted by molar-refractivity contribution is 4.89. The molecule has 0 aliphatic heterocycles. The summed E-state index contributed by atoms with van der Waals surface area (Å²) in [6.45, 7) is 1.68. The van der Waals surface area contributed by atoms with E-state index >= 15 is 0 Å². The number of aromatic amines is 1. The van der Waals surface area contributed by atoms with Crippen molar-refractivity contribution in [2.75, 3.05) is 26.9 Å². The number of nitrogens with one attached hydrogen (secondary N) is 1. The molecule has 0 fully saturated rings. The summed E-state index contributed by atoms with van der Waals surface area (Å²) in [6.07, 6.45) is 2.10. The van der Waals surface area contributed by atoms with Crippen molar-refractivity contribution < 1.29 is 9.47 Å². The van der Waals surface area contributed by atoms with Crippen LogP contribution in [0.15, 0.2) is 17.1 Å². The van der Waals surface area contributed by atoms with Gasteiger partial charge < -0.3 is 14.5 Å². The molecule has 0 saturated heterocycles. The molecular weight excluding hydrogens is 184 g/mol. The predicted molar refractivity (Wildman–Crippen MR) is 51.3 cm³/mol. The van der Waals surface area contributed by atoms with Crippen LogP contribution in [0.2, 0.25) is 0 Å². The van der Waals surface area contributed by atoms with Crippen molar-refractivity contribution in [3.8, 4) is 0 Å². The lowest BCUT2D eigenvalue weighted by Gasteiger charge is -2.02. The number of ether oxygens (including phenoxy) is 2. The van der Waals surface area contributed by atoms with E-state index in [9.17, 15) is 4.79 Å². The van der Waals surface area contributed by atoms with E-state index in [0.29, 0.717) is 32.1 Å². The predicted octanol–water partition coefficient (Wildman–Crippen LogP) is -0.0246. The fourth-order valence-corrected chi connectivity index (χ4v) is 0.951. The smallest absolute Gasteiger partial charge is 0.250 e. The first-order valence-corrected chi connectivity index (χ1v) is 4.44. The number of aromatic nitrogens is 2. The highest BCUT2D eigenvalue weighted by Crippen LogP contribution is 1.87. The standard InChI is InChI=1S/C9H14N2O3/c1-13-6-7-14-5-3-8-10-4-2-9(12)11-8/h2,4H,3,5-7H2,1H3,(H,10,11,12). The zero-order valence-electron chi connectivity index (χ0n) is 8.16. The van der Waals surface area contributed by atoms with E-state index in [1.807, 2.05) is 0 Å². The van der Waals surface area contributed by atoms with Gasteiger partial charge in [0.2, 0.25) is 0 Å². The Balaban J connectivity index is 2.21. The number of methoxy groups -OCH3 is 1. The lowest BCUT2D eigenvalue weighted by molar-refractivity contribution is 0.0716. The van der Waals surface area contributed by atoms with Crippen LogP contribution >= 0.6 is 0 Å².